The van der Waals surface area contributed by atoms with E-state index in [1.54, 1.807) is 13.1 Å². The standard InChI is InChI=1S/C13H17N5O3/c1-3-8-5-11(18(2)17-8)12(19)16-10(13(20)21)4-9-6-14-7-15-9/h5-7,10H,3-4H2,1-2H3,(H,14,15)(H,16,19)(H,20,21)/t10-/m0/s1. The summed E-state index contributed by atoms with van der Waals surface area (Å²) >= 11 is 0. The molecular weight excluding hydrogens is 274 g/mol. The predicted octanol–water partition coefficient (Wildman–Crippen LogP) is 0.131. The second kappa shape index (κ2) is 6.21. The summed E-state index contributed by atoms with van der Waals surface area (Å²) in [5.74, 6) is -1.56. The van der Waals surface area contributed by atoms with Crippen LogP contribution in [0.25, 0.3) is 0 Å². The van der Waals surface area contributed by atoms with Crippen molar-refractivity contribution < 1.29 is 14.7 Å². The monoisotopic (exact) mass is 291 g/mol. The zero-order chi connectivity index (χ0) is 15.4. The van der Waals surface area contributed by atoms with E-state index >= 15 is 0 Å². The summed E-state index contributed by atoms with van der Waals surface area (Å²) in [6.45, 7) is 1.93. The van der Waals surface area contributed by atoms with Gasteiger partial charge >= 0.3 is 5.97 Å². The lowest BCUT2D eigenvalue weighted by Gasteiger charge is -2.13. The Morgan fingerprint density at radius 2 is 2.29 bits per heavy atom. The number of nitrogens with one attached hydrogen (secondary N) is 2. The van der Waals surface area contributed by atoms with Gasteiger partial charge in [0.05, 0.1) is 12.0 Å². The van der Waals surface area contributed by atoms with Crippen LogP contribution in [0.4, 0.5) is 0 Å². The fraction of sp³-hybridized carbons (Fsp3) is 0.385. The van der Waals surface area contributed by atoms with Crippen molar-refractivity contribution in [2.45, 2.75) is 25.8 Å². The third kappa shape index (κ3) is 3.47. The molecule has 0 saturated heterocycles. The van der Waals surface area contributed by atoms with Crippen LogP contribution >= 0.6 is 0 Å². The molecule has 2 aromatic rings. The normalized spacial score (nSPS) is 12.1. The van der Waals surface area contributed by atoms with Crippen molar-refractivity contribution in [3.8, 4) is 0 Å². The van der Waals surface area contributed by atoms with Crippen molar-refractivity contribution in [2.75, 3.05) is 0 Å². The minimum absolute atomic E-state index is 0.138. The lowest BCUT2D eigenvalue weighted by atomic mass is 10.1. The van der Waals surface area contributed by atoms with Crippen molar-refractivity contribution in [3.63, 3.8) is 0 Å². The van der Waals surface area contributed by atoms with Gasteiger partial charge in [0.25, 0.3) is 5.91 Å². The molecule has 3 N–H and O–H groups in total. The second-order valence-electron chi connectivity index (χ2n) is 4.64. The number of carbonyl (C=O) groups excluding carboxylic acids is 1. The summed E-state index contributed by atoms with van der Waals surface area (Å²) in [4.78, 5) is 30.1. The van der Waals surface area contributed by atoms with Crippen LogP contribution < -0.4 is 5.32 Å². The molecule has 0 radical (unpaired) electrons. The predicted molar refractivity (Wildman–Crippen MR) is 73.8 cm³/mol. The summed E-state index contributed by atoms with van der Waals surface area (Å²) in [5.41, 5.74) is 1.76. The van der Waals surface area contributed by atoms with Crippen LogP contribution in [0.5, 0.6) is 0 Å². The number of nitrogens with zero attached hydrogens (tertiary/aromatic N) is 3. The van der Waals surface area contributed by atoms with E-state index in [1.807, 2.05) is 6.92 Å². The van der Waals surface area contributed by atoms with E-state index in [4.69, 9.17) is 0 Å². The number of aliphatic carboxylic acids is 1. The van der Waals surface area contributed by atoms with Crippen LogP contribution in [0, 0.1) is 0 Å². The lowest BCUT2D eigenvalue weighted by molar-refractivity contribution is -0.139. The Bertz CT molecular complexity index is 632. The van der Waals surface area contributed by atoms with E-state index in [-0.39, 0.29) is 6.42 Å². The van der Waals surface area contributed by atoms with Gasteiger partial charge in [-0.25, -0.2) is 9.78 Å². The Morgan fingerprint density at radius 3 is 2.81 bits per heavy atom. The van der Waals surface area contributed by atoms with Gasteiger partial charge in [-0.15, -0.1) is 0 Å². The molecule has 21 heavy (non-hydrogen) atoms. The summed E-state index contributed by atoms with van der Waals surface area (Å²) in [6.07, 6.45) is 3.84. The molecule has 2 aromatic heterocycles. The highest BCUT2D eigenvalue weighted by Crippen LogP contribution is 2.06. The molecule has 0 spiro atoms. The lowest BCUT2D eigenvalue weighted by Crippen LogP contribution is -2.43. The molecule has 1 amide bonds. The van der Waals surface area contributed by atoms with Crippen LogP contribution in [-0.2, 0) is 24.7 Å². The number of aromatic nitrogens is 4. The Kier molecular flexibility index (Phi) is 4.36. The van der Waals surface area contributed by atoms with E-state index in [9.17, 15) is 14.7 Å². The van der Waals surface area contributed by atoms with Gasteiger partial charge in [0.15, 0.2) is 0 Å². The first-order chi connectivity index (χ1) is 10.0. The molecule has 0 fully saturated rings. The van der Waals surface area contributed by atoms with E-state index in [0.717, 1.165) is 5.69 Å². The molecule has 0 aromatic carbocycles. The van der Waals surface area contributed by atoms with Gasteiger partial charge in [0, 0.05) is 25.4 Å². The Balaban J connectivity index is 2.10. The molecule has 2 heterocycles. The number of carboxylic acid groups (broad SMARTS) is 1. The maximum atomic E-state index is 12.2. The Morgan fingerprint density at radius 1 is 1.52 bits per heavy atom. The summed E-state index contributed by atoms with van der Waals surface area (Å²) < 4.78 is 1.45. The van der Waals surface area contributed by atoms with Gasteiger partial charge in [-0.05, 0) is 12.5 Å². The van der Waals surface area contributed by atoms with E-state index in [2.05, 4.69) is 20.4 Å². The maximum Gasteiger partial charge on any atom is 0.326 e. The second-order valence-corrected chi connectivity index (χ2v) is 4.64. The third-order valence-corrected chi connectivity index (χ3v) is 3.11. The number of hydrogen-bond acceptors (Lipinski definition) is 4. The van der Waals surface area contributed by atoms with E-state index in [1.165, 1.54) is 17.2 Å². The number of carbonyl (C=O) groups is 2. The molecule has 0 saturated carbocycles. The largest absolute Gasteiger partial charge is 0.480 e. The van der Waals surface area contributed by atoms with Gasteiger partial charge in [0.1, 0.15) is 11.7 Å². The quantitative estimate of drug-likeness (QED) is 0.700. The minimum Gasteiger partial charge on any atom is -0.480 e. The average molecular weight is 291 g/mol. The molecule has 8 nitrogen and oxygen atoms in total. The number of imidazole rings is 1. The highest BCUT2D eigenvalue weighted by Gasteiger charge is 2.23. The van der Waals surface area contributed by atoms with Crippen LogP contribution in [-0.4, -0.2) is 42.8 Å². The zero-order valence-corrected chi connectivity index (χ0v) is 11.8. The number of hydrogen-bond donors (Lipinski definition) is 3. The molecule has 112 valence electrons. The molecule has 0 aliphatic rings. The van der Waals surface area contributed by atoms with Crippen molar-refractivity contribution in [2.24, 2.45) is 7.05 Å². The third-order valence-electron chi connectivity index (χ3n) is 3.11. The van der Waals surface area contributed by atoms with Gasteiger partial charge in [0.2, 0.25) is 0 Å². The van der Waals surface area contributed by atoms with Gasteiger partial charge in [-0.2, -0.15) is 5.10 Å². The first-order valence-corrected chi connectivity index (χ1v) is 6.55. The number of amides is 1. The molecule has 0 aliphatic heterocycles. The van der Waals surface area contributed by atoms with Crippen LogP contribution in [0.1, 0.15) is 28.8 Å². The highest BCUT2D eigenvalue weighted by molar-refractivity contribution is 5.95. The maximum absolute atomic E-state index is 12.2. The molecule has 0 aliphatic carbocycles. The zero-order valence-electron chi connectivity index (χ0n) is 11.8. The molecule has 0 bridgehead atoms. The average Bonchev–Trinajstić information content (AvgIpc) is 3.06. The summed E-state index contributed by atoms with van der Waals surface area (Å²) in [6, 6.07) is 0.627. The molecule has 1 atom stereocenters. The van der Waals surface area contributed by atoms with E-state index in [0.29, 0.717) is 17.8 Å². The number of aryl methyl sites for hydroxylation is 2. The van der Waals surface area contributed by atoms with Crippen LogP contribution in [0.2, 0.25) is 0 Å². The number of H-pyrrole nitrogens is 1. The Hall–Kier alpha value is -2.64. The van der Waals surface area contributed by atoms with Crippen molar-refractivity contribution in [1.29, 1.82) is 0 Å². The first kappa shape index (κ1) is 14.8. The van der Waals surface area contributed by atoms with Gasteiger partial charge < -0.3 is 15.4 Å². The molecular formula is C13H17N5O3. The fourth-order valence-corrected chi connectivity index (χ4v) is 1.96. The van der Waals surface area contributed by atoms with Gasteiger partial charge in [-0.3, -0.25) is 9.48 Å². The first-order valence-electron chi connectivity index (χ1n) is 6.55. The Labute approximate surface area is 121 Å². The number of carboxylic acids is 1. The fourth-order valence-electron chi connectivity index (χ4n) is 1.96. The van der Waals surface area contributed by atoms with Crippen molar-refractivity contribution >= 4 is 11.9 Å². The van der Waals surface area contributed by atoms with Gasteiger partial charge in [-0.1, -0.05) is 6.92 Å². The van der Waals surface area contributed by atoms with Crippen molar-refractivity contribution in [3.05, 3.63) is 35.7 Å². The summed E-state index contributed by atoms with van der Waals surface area (Å²) in [7, 11) is 1.65. The molecule has 0 unspecified atom stereocenters. The molecule has 2 rings (SSSR count). The topological polar surface area (TPSA) is 113 Å². The van der Waals surface area contributed by atoms with Crippen LogP contribution in [0.3, 0.4) is 0 Å². The van der Waals surface area contributed by atoms with Crippen LogP contribution in [0.15, 0.2) is 18.6 Å². The number of aromatic amines is 1. The highest BCUT2D eigenvalue weighted by atomic mass is 16.4. The smallest absolute Gasteiger partial charge is 0.326 e. The number of rotatable bonds is 6. The van der Waals surface area contributed by atoms with Crippen molar-refractivity contribution in [1.82, 2.24) is 25.1 Å². The summed E-state index contributed by atoms with van der Waals surface area (Å²) in [5, 5.41) is 15.9. The van der Waals surface area contributed by atoms with E-state index < -0.39 is 17.9 Å². The minimum atomic E-state index is -1.10. The molecule has 8 heteroatoms. The SMILES string of the molecule is CCc1cc(C(=O)N[C@@H](Cc2cnc[nH]2)C(=O)O)n(C)n1.